The fourth-order valence-corrected chi connectivity index (χ4v) is 7.76. The van der Waals surface area contributed by atoms with Gasteiger partial charge in [-0.2, -0.15) is 0 Å². The molecule has 10 unspecified atom stereocenters. The fraction of sp³-hybridized carbons (Fsp3) is 0.667. The summed E-state index contributed by atoms with van der Waals surface area (Å²) >= 11 is 0. The monoisotopic (exact) mass is 320 g/mol. The van der Waals surface area contributed by atoms with Gasteiger partial charge in [0.1, 0.15) is 0 Å². The summed E-state index contributed by atoms with van der Waals surface area (Å²) in [5.41, 5.74) is 0. The molecule has 0 amide bonds. The minimum absolute atomic E-state index is 0.736. The summed E-state index contributed by atoms with van der Waals surface area (Å²) in [4.78, 5) is 0. The molecule has 2 bridgehead atoms. The van der Waals surface area contributed by atoms with Crippen LogP contribution in [0, 0.1) is 59.2 Å². The molecule has 5 rings (SSSR count). The first kappa shape index (κ1) is 15.2. The zero-order valence-corrected chi connectivity index (χ0v) is 14.9. The largest absolute Gasteiger partial charge is 0.103 e. The van der Waals surface area contributed by atoms with Crippen LogP contribution in [0.25, 0.3) is 0 Å². The molecular weight excluding hydrogens is 288 g/mol. The van der Waals surface area contributed by atoms with E-state index in [1.807, 2.05) is 0 Å². The number of hydrogen-bond acceptors (Lipinski definition) is 0. The van der Waals surface area contributed by atoms with Gasteiger partial charge in [0.25, 0.3) is 0 Å². The summed E-state index contributed by atoms with van der Waals surface area (Å²) in [6.07, 6.45) is 23.3. The second-order valence-electron chi connectivity index (χ2n) is 9.38. The van der Waals surface area contributed by atoms with Crippen molar-refractivity contribution in [3.8, 4) is 0 Å². The van der Waals surface area contributed by atoms with Crippen molar-refractivity contribution in [3.05, 3.63) is 49.6 Å². The summed E-state index contributed by atoms with van der Waals surface area (Å²) < 4.78 is 0. The molecule has 0 spiro atoms. The maximum atomic E-state index is 4.18. The molecule has 0 N–H and O–H groups in total. The van der Waals surface area contributed by atoms with E-state index in [1.54, 1.807) is 0 Å². The molecule has 0 aliphatic heterocycles. The molecule has 4 saturated carbocycles. The van der Waals surface area contributed by atoms with Crippen molar-refractivity contribution in [1.82, 2.24) is 0 Å². The van der Waals surface area contributed by atoms with Crippen LogP contribution in [0.5, 0.6) is 0 Å². The molecule has 128 valence electrons. The molecule has 0 aromatic heterocycles. The Bertz CT molecular complexity index is 581. The van der Waals surface area contributed by atoms with Gasteiger partial charge in [0.15, 0.2) is 0 Å². The van der Waals surface area contributed by atoms with Crippen molar-refractivity contribution in [3.63, 3.8) is 0 Å². The summed E-state index contributed by atoms with van der Waals surface area (Å²) in [6, 6.07) is 0. The molecular formula is C24H32. The van der Waals surface area contributed by atoms with E-state index in [9.17, 15) is 0 Å². The van der Waals surface area contributed by atoms with E-state index in [2.05, 4.69) is 49.6 Å². The van der Waals surface area contributed by atoms with E-state index in [0.29, 0.717) is 0 Å². The number of allylic oxidation sites excluding steroid dienone is 6. The standard InChI is InChI=1S/C24H32/c1-3-15-12-17(22-7-5-6-21(15)22)8-9-18-13-16(4-2)23-19-10-11-20(14-19)24(18)23/h3-5,7-9,15-24H,1-2,6,10-14H2/b9-8-. The van der Waals surface area contributed by atoms with Crippen LogP contribution in [-0.4, -0.2) is 0 Å². The van der Waals surface area contributed by atoms with Gasteiger partial charge in [0.05, 0.1) is 0 Å². The minimum Gasteiger partial charge on any atom is -0.103 e. The Labute approximate surface area is 147 Å². The molecule has 0 radical (unpaired) electrons. The van der Waals surface area contributed by atoms with Crippen LogP contribution in [0.3, 0.4) is 0 Å². The topological polar surface area (TPSA) is 0 Å². The van der Waals surface area contributed by atoms with Gasteiger partial charge < -0.3 is 0 Å². The van der Waals surface area contributed by atoms with Crippen molar-refractivity contribution >= 4 is 0 Å². The van der Waals surface area contributed by atoms with Crippen LogP contribution in [0.4, 0.5) is 0 Å². The quantitative estimate of drug-likeness (QED) is 0.554. The highest BCUT2D eigenvalue weighted by atomic mass is 14.6. The van der Waals surface area contributed by atoms with Gasteiger partial charge in [-0.3, -0.25) is 0 Å². The highest BCUT2D eigenvalue weighted by Crippen LogP contribution is 2.63. The Balaban J connectivity index is 1.34. The van der Waals surface area contributed by atoms with Gasteiger partial charge in [-0.1, -0.05) is 36.5 Å². The Hall–Kier alpha value is -1.04. The molecule has 0 nitrogen and oxygen atoms in total. The first-order valence-electron chi connectivity index (χ1n) is 10.4. The zero-order valence-electron chi connectivity index (χ0n) is 14.9. The van der Waals surface area contributed by atoms with Gasteiger partial charge in [-0.15, -0.1) is 13.2 Å². The first-order valence-corrected chi connectivity index (χ1v) is 10.4. The molecule has 0 aromatic rings. The summed E-state index contributed by atoms with van der Waals surface area (Å²) in [6.45, 7) is 8.28. The average Bonchev–Trinajstić information content (AvgIpc) is 3.36. The highest BCUT2D eigenvalue weighted by molar-refractivity contribution is 5.18. The Kier molecular flexibility index (Phi) is 3.65. The molecule has 24 heavy (non-hydrogen) atoms. The zero-order chi connectivity index (χ0) is 16.3. The number of rotatable bonds is 4. The smallest absolute Gasteiger partial charge is 0.0133 e. The van der Waals surface area contributed by atoms with Crippen molar-refractivity contribution in [2.75, 3.05) is 0 Å². The number of fused-ring (bicyclic) bond motifs is 6. The van der Waals surface area contributed by atoms with E-state index in [-0.39, 0.29) is 0 Å². The van der Waals surface area contributed by atoms with Crippen LogP contribution in [0.2, 0.25) is 0 Å². The first-order chi connectivity index (χ1) is 11.8. The SMILES string of the molecule is C=CC1CC(/C=C\C2CC(C=C)C3C4CCC(C4)C23)C2C=CCC12. The predicted octanol–water partition coefficient (Wildman–Crippen LogP) is 6.04. The molecule has 4 fully saturated rings. The van der Waals surface area contributed by atoms with E-state index in [0.717, 1.165) is 59.2 Å². The lowest BCUT2D eigenvalue weighted by molar-refractivity contribution is 0.215. The van der Waals surface area contributed by atoms with Gasteiger partial charge in [-0.25, -0.2) is 0 Å². The molecule has 5 aliphatic carbocycles. The average molecular weight is 321 g/mol. The van der Waals surface area contributed by atoms with Gasteiger partial charge in [0, 0.05) is 0 Å². The normalized spacial score (nSPS) is 54.5. The lowest BCUT2D eigenvalue weighted by Crippen LogP contribution is -2.23. The molecule has 5 aliphatic rings. The fourth-order valence-electron chi connectivity index (χ4n) is 7.76. The molecule has 0 heteroatoms. The number of hydrogen-bond donors (Lipinski definition) is 0. The van der Waals surface area contributed by atoms with Gasteiger partial charge in [0.2, 0.25) is 0 Å². The third-order valence-electron chi connectivity index (χ3n) is 8.64. The molecule has 0 saturated heterocycles. The van der Waals surface area contributed by atoms with Gasteiger partial charge in [-0.05, 0) is 97.7 Å². The second-order valence-corrected chi connectivity index (χ2v) is 9.38. The molecule has 0 heterocycles. The highest BCUT2D eigenvalue weighted by Gasteiger charge is 2.55. The maximum absolute atomic E-state index is 4.18. The molecule has 10 atom stereocenters. The van der Waals surface area contributed by atoms with Crippen LogP contribution in [0.15, 0.2) is 49.6 Å². The van der Waals surface area contributed by atoms with E-state index >= 15 is 0 Å². The summed E-state index contributed by atoms with van der Waals surface area (Å²) in [7, 11) is 0. The van der Waals surface area contributed by atoms with Crippen molar-refractivity contribution < 1.29 is 0 Å². The lowest BCUT2D eigenvalue weighted by atomic mass is 9.75. The Morgan fingerprint density at radius 3 is 2.17 bits per heavy atom. The van der Waals surface area contributed by atoms with E-state index in [4.69, 9.17) is 0 Å². The van der Waals surface area contributed by atoms with Crippen molar-refractivity contribution in [1.29, 1.82) is 0 Å². The summed E-state index contributed by atoms with van der Waals surface area (Å²) in [5.74, 6) is 8.77. The maximum Gasteiger partial charge on any atom is -0.0133 e. The predicted molar refractivity (Wildman–Crippen MR) is 101 cm³/mol. The Morgan fingerprint density at radius 2 is 1.42 bits per heavy atom. The van der Waals surface area contributed by atoms with Crippen LogP contribution in [0.1, 0.15) is 38.5 Å². The van der Waals surface area contributed by atoms with Crippen LogP contribution < -0.4 is 0 Å². The van der Waals surface area contributed by atoms with Crippen molar-refractivity contribution in [2.45, 2.75) is 38.5 Å². The van der Waals surface area contributed by atoms with Crippen molar-refractivity contribution in [2.24, 2.45) is 59.2 Å². The summed E-state index contributed by atoms with van der Waals surface area (Å²) in [5, 5.41) is 0. The molecule has 0 aromatic carbocycles. The van der Waals surface area contributed by atoms with Gasteiger partial charge >= 0.3 is 0 Å². The van der Waals surface area contributed by atoms with Crippen LogP contribution in [-0.2, 0) is 0 Å². The third-order valence-corrected chi connectivity index (χ3v) is 8.64. The third kappa shape index (κ3) is 2.11. The van der Waals surface area contributed by atoms with Crippen LogP contribution >= 0.6 is 0 Å². The lowest BCUT2D eigenvalue weighted by Gasteiger charge is -2.29. The Morgan fingerprint density at radius 1 is 0.750 bits per heavy atom. The second kappa shape index (κ2) is 5.75. The van der Waals surface area contributed by atoms with E-state index < -0.39 is 0 Å². The minimum atomic E-state index is 0.736. The van der Waals surface area contributed by atoms with E-state index in [1.165, 1.54) is 38.5 Å².